The molecule has 6 heteroatoms. The molecule has 2 saturated heterocycles. The molecule has 3 aromatic rings. The van der Waals surface area contributed by atoms with Gasteiger partial charge in [0.2, 0.25) is 0 Å². The number of aromatic amines is 1. The van der Waals surface area contributed by atoms with Crippen LogP contribution in [0.2, 0.25) is 0 Å². The first-order chi connectivity index (χ1) is 16.0. The number of pyridine rings is 1. The summed E-state index contributed by atoms with van der Waals surface area (Å²) >= 11 is 0. The molecular weight excluding hydrogens is 410 g/mol. The minimum Gasteiger partial charge on any atom is -0.488 e. The maximum Gasteiger partial charge on any atom is 0.147 e. The van der Waals surface area contributed by atoms with Crippen LogP contribution in [0.1, 0.15) is 75.1 Å². The molecule has 1 aromatic carbocycles. The maximum absolute atomic E-state index is 6.50. The first-order valence-electron chi connectivity index (χ1n) is 12.5. The van der Waals surface area contributed by atoms with Gasteiger partial charge in [-0.2, -0.15) is 0 Å². The van der Waals surface area contributed by atoms with Gasteiger partial charge in [0.25, 0.3) is 0 Å². The van der Waals surface area contributed by atoms with Gasteiger partial charge in [0.05, 0.1) is 23.3 Å². The highest BCUT2D eigenvalue weighted by molar-refractivity contribution is 5.81. The van der Waals surface area contributed by atoms with Gasteiger partial charge >= 0.3 is 0 Å². The Bertz CT molecular complexity index is 1090. The van der Waals surface area contributed by atoms with Gasteiger partial charge in [0.1, 0.15) is 23.2 Å². The summed E-state index contributed by atoms with van der Waals surface area (Å²) in [6, 6.07) is 11.6. The van der Waals surface area contributed by atoms with E-state index in [1.54, 1.807) is 0 Å². The molecule has 0 spiro atoms. The van der Waals surface area contributed by atoms with Gasteiger partial charge in [-0.1, -0.05) is 12.1 Å². The third-order valence-electron chi connectivity index (χ3n) is 7.61. The molecule has 33 heavy (non-hydrogen) atoms. The van der Waals surface area contributed by atoms with E-state index in [1.165, 1.54) is 17.7 Å². The molecule has 2 aromatic heterocycles. The second-order valence-electron chi connectivity index (χ2n) is 10.1. The third kappa shape index (κ3) is 4.51. The lowest BCUT2D eigenvalue weighted by molar-refractivity contribution is 0.0851. The summed E-state index contributed by atoms with van der Waals surface area (Å²) in [6.07, 6.45) is 7.72. The Labute approximate surface area is 197 Å². The highest BCUT2D eigenvalue weighted by atomic mass is 16.5. The van der Waals surface area contributed by atoms with Crippen molar-refractivity contribution in [1.29, 1.82) is 0 Å². The van der Waals surface area contributed by atoms with E-state index >= 15 is 0 Å². The van der Waals surface area contributed by atoms with Gasteiger partial charge in [0, 0.05) is 25.3 Å². The van der Waals surface area contributed by atoms with Crippen LogP contribution in [0.4, 0.5) is 0 Å². The van der Waals surface area contributed by atoms with Gasteiger partial charge in [-0.25, -0.2) is 4.98 Å². The van der Waals surface area contributed by atoms with Crippen LogP contribution < -0.4 is 4.74 Å². The lowest BCUT2D eigenvalue weighted by atomic mass is 9.92. The molecule has 176 valence electrons. The molecule has 0 aliphatic carbocycles. The van der Waals surface area contributed by atoms with Gasteiger partial charge in [-0.3, -0.25) is 9.88 Å². The number of aromatic nitrogens is 3. The number of hydrogen-bond donors (Lipinski definition) is 1. The monoisotopic (exact) mass is 447 g/mol. The molecule has 0 bridgehead atoms. The minimum absolute atomic E-state index is 0.250. The predicted octanol–water partition coefficient (Wildman–Crippen LogP) is 5.42. The zero-order valence-electron chi connectivity index (χ0n) is 20.4. The first kappa shape index (κ1) is 22.4. The van der Waals surface area contributed by atoms with Crippen LogP contribution in [0.3, 0.4) is 0 Å². The van der Waals surface area contributed by atoms with Crippen molar-refractivity contribution in [3.05, 3.63) is 53.6 Å². The van der Waals surface area contributed by atoms with E-state index in [2.05, 4.69) is 66.9 Å². The normalized spacial score (nSPS) is 23.4. The van der Waals surface area contributed by atoms with E-state index in [0.717, 1.165) is 61.4 Å². The number of likely N-dealkylation sites (tertiary alicyclic amines) is 2. The van der Waals surface area contributed by atoms with Crippen LogP contribution in [0.15, 0.2) is 36.5 Å². The second kappa shape index (κ2) is 9.43. The Morgan fingerprint density at radius 3 is 2.58 bits per heavy atom. The number of fused-ring (bicyclic) bond motifs is 1. The maximum atomic E-state index is 6.50. The van der Waals surface area contributed by atoms with Crippen LogP contribution in [0, 0.1) is 6.92 Å². The zero-order chi connectivity index (χ0) is 22.9. The number of rotatable bonds is 5. The van der Waals surface area contributed by atoms with Crippen molar-refractivity contribution in [2.24, 2.45) is 0 Å². The lowest BCUT2D eigenvalue weighted by Gasteiger charge is -2.38. The summed E-state index contributed by atoms with van der Waals surface area (Å²) in [5, 5.41) is 0. The van der Waals surface area contributed by atoms with Gasteiger partial charge in [-0.15, -0.1) is 0 Å². The number of nitrogens with zero attached hydrogens (tertiary/aromatic N) is 4. The SMILES string of the molecule is Cc1cccnc1[C@@H]1CCC[C@H](c2nc3c(OC4CCN(C(C)C)CC4)cccc3[nH]2)N1C. The van der Waals surface area contributed by atoms with Crippen LogP contribution in [0.5, 0.6) is 5.75 Å². The second-order valence-corrected chi connectivity index (χ2v) is 10.1. The molecule has 0 amide bonds. The Balaban J connectivity index is 1.36. The van der Waals surface area contributed by atoms with Crippen molar-refractivity contribution < 1.29 is 4.74 Å². The molecule has 2 atom stereocenters. The first-order valence-corrected chi connectivity index (χ1v) is 12.5. The van der Waals surface area contributed by atoms with E-state index < -0.39 is 0 Å². The lowest BCUT2D eigenvalue weighted by Crippen LogP contribution is -2.41. The van der Waals surface area contributed by atoms with E-state index in [1.807, 2.05) is 12.3 Å². The van der Waals surface area contributed by atoms with Crippen LogP contribution in [-0.4, -0.2) is 57.0 Å². The number of para-hydroxylation sites is 1. The highest BCUT2D eigenvalue weighted by Gasteiger charge is 2.33. The number of ether oxygens (including phenoxy) is 1. The average Bonchev–Trinajstić information content (AvgIpc) is 3.25. The topological polar surface area (TPSA) is 57.3 Å². The molecule has 2 aliphatic rings. The van der Waals surface area contributed by atoms with Gasteiger partial charge < -0.3 is 14.6 Å². The fourth-order valence-electron chi connectivity index (χ4n) is 5.60. The van der Waals surface area contributed by atoms with E-state index in [4.69, 9.17) is 14.7 Å². The van der Waals surface area contributed by atoms with Crippen molar-refractivity contribution in [3.63, 3.8) is 0 Å². The third-order valence-corrected chi connectivity index (χ3v) is 7.61. The van der Waals surface area contributed by atoms with Crippen LogP contribution in [-0.2, 0) is 0 Å². The summed E-state index contributed by atoms with van der Waals surface area (Å²) in [6.45, 7) is 8.91. The minimum atomic E-state index is 0.250. The molecule has 4 heterocycles. The zero-order valence-corrected chi connectivity index (χ0v) is 20.4. The molecule has 5 rings (SSSR count). The fourth-order valence-corrected chi connectivity index (χ4v) is 5.60. The molecule has 2 fully saturated rings. The molecular formula is C27H37N5O. The Hall–Kier alpha value is -2.44. The number of nitrogens with one attached hydrogen (secondary N) is 1. The average molecular weight is 448 g/mol. The smallest absolute Gasteiger partial charge is 0.147 e. The standard InChI is InChI=1S/C27H37N5O/c1-18(2)32-16-13-20(14-17-32)33-24-12-5-9-21-26(24)30-27(29-21)23-11-6-10-22(31(23)4)25-19(3)8-7-15-28-25/h5,7-9,12,15,18,20,22-23H,6,10-11,13-14,16-17H2,1-4H3,(H,29,30)/t22-,23+/m0/s1. The number of hydrogen-bond acceptors (Lipinski definition) is 5. The van der Waals surface area contributed by atoms with E-state index in [-0.39, 0.29) is 12.1 Å². The van der Waals surface area contributed by atoms with Crippen LogP contribution >= 0.6 is 0 Å². The summed E-state index contributed by atoms with van der Waals surface area (Å²) in [5.74, 6) is 1.95. The summed E-state index contributed by atoms with van der Waals surface area (Å²) in [4.78, 5) is 18.4. The van der Waals surface area contributed by atoms with Crippen LogP contribution in [0.25, 0.3) is 11.0 Å². The molecule has 6 nitrogen and oxygen atoms in total. The number of imidazole rings is 1. The van der Waals surface area contributed by atoms with Crippen molar-refractivity contribution in [1.82, 2.24) is 24.8 Å². The summed E-state index contributed by atoms with van der Waals surface area (Å²) < 4.78 is 6.50. The molecule has 1 N–H and O–H groups in total. The predicted molar refractivity (Wildman–Crippen MR) is 133 cm³/mol. The molecule has 0 saturated carbocycles. The molecule has 0 unspecified atom stereocenters. The largest absolute Gasteiger partial charge is 0.488 e. The number of piperidine rings is 2. The Kier molecular flexibility index (Phi) is 6.39. The molecule has 0 radical (unpaired) electrons. The molecule has 2 aliphatic heterocycles. The quantitative estimate of drug-likeness (QED) is 0.566. The Morgan fingerprint density at radius 2 is 1.82 bits per heavy atom. The number of benzene rings is 1. The van der Waals surface area contributed by atoms with E-state index in [0.29, 0.717) is 12.1 Å². The van der Waals surface area contributed by atoms with E-state index in [9.17, 15) is 0 Å². The summed E-state index contributed by atoms with van der Waals surface area (Å²) in [7, 11) is 2.22. The van der Waals surface area contributed by atoms with Crippen molar-refractivity contribution in [2.75, 3.05) is 20.1 Å². The fraction of sp³-hybridized carbons (Fsp3) is 0.556. The number of H-pyrrole nitrogens is 1. The van der Waals surface area contributed by atoms with Crippen molar-refractivity contribution in [2.45, 2.75) is 77.1 Å². The number of aryl methyl sites for hydroxylation is 1. The van der Waals surface area contributed by atoms with Gasteiger partial charge in [0.15, 0.2) is 0 Å². The van der Waals surface area contributed by atoms with Crippen molar-refractivity contribution >= 4 is 11.0 Å². The van der Waals surface area contributed by atoms with Gasteiger partial charge in [-0.05, 0) is 83.7 Å². The highest BCUT2D eigenvalue weighted by Crippen LogP contribution is 2.40. The van der Waals surface area contributed by atoms with Crippen molar-refractivity contribution in [3.8, 4) is 5.75 Å². The summed E-state index contributed by atoms with van der Waals surface area (Å²) in [5.41, 5.74) is 4.48. The Morgan fingerprint density at radius 1 is 1.03 bits per heavy atom.